The molecule has 2 rings (SSSR count). The largest absolute Gasteiger partial charge is 0.348 e. The molecule has 0 aliphatic carbocycles. The summed E-state index contributed by atoms with van der Waals surface area (Å²) in [5, 5.41) is 2.38. The van der Waals surface area contributed by atoms with Crippen LogP contribution in [0.15, 0.2) is 29.3 Å². The molecule has 0 amide bonds. The number of nitrogens with zero attached hydrogens (tertiary/aromatic N) is 1. The maximum atomic E-state index is 5.92. The number of thiocarbonyl (C=S) groups is 1. The van der Waals surface area contributed by atoms with Crippen molar-refractivity contribution < 1.29 is 9.47 Å². The van der Waals surface area contributed by atoms with Gasteiger partial charge in [-0.3, -0.25) is 0 Å². The zero-order chi connectivity index (χ0) is 18.5. The van der Waals surface area contributed by atoms with E-state index >= 15 is 0 Å². The van der Waals surface area contributed by atoms with E-state index in [0.29, 0.717) is 5.92 Å². The summed E-state index contributed by atoms with van der Waals surface area (Å²) in [7, 11) is 0. The van der Waals surface area contributed by atoms with Gasteiger partial charge in [0.2, 0.25) is 0 Å². The summed E-state index contributed by atoms with van der Waals surface area (Å²) >= 11 is 4.62. The van der Waals surface area contributed by atoms with Gasteiger partial charge in [0.15, 0.2) is 6.29 Å². The molecule has 1 fully saturated rings. The topological polar surface area (TPSA) is 30.8 Å². The Morgan fingerprint density at radius 1 is 0.923 bits per heavy atom. The second-order valence-corrected chi connectivity index (χ2v) is 7.46. The van der Waals surface area contributed by atoms with E-state index in [4.69, 9.17) is 9.47 Å². The predicted molar refractivity (Wildman–Crippen MR) is 111 cm³/mol. The normalized spacial score (nSPS) is 19.9. The van der Waals surface area contributed by atoms with Crippen molar-refractivity contribution in [3.8, 4) is 0 Å². The molecule has 0 unspecified atom stereocenters. The molecular formula is C22H33NO2S. The summed E-state index contributed by atoms with van der Waals surface area (Å²) in [6.07, 6.45) is 13.3. The number of rotatable bonds is 12. The minimum absolute atomic E-state index is 0.250. The van der Waals surface area contributed by atoms with Gasteiger partial charge in [0.05, 0.1) is 24.1 Å². The summed E-state index contributed by atoms with van der Waals surface area (Å²) < 4.78 is 11.8. The van der Waals surface area contributed by atoms with Gasteiger partial charge in [-0.2, -0.15) is 4.99 Å². The monoisotopic (exact) mass is 375 g/mol. The average Bonchev–Trinajstić information content (AvgIpc) is 2.68. The molecular weight excluding hydrogens is 342 g/mol. The molecule has 1 heterocycles. The van der Waals surface area contributed by atoms with E-state index in [1.54, 1.807) is 0 Å². The Kier molecular flexibility index (Phi) is 10.8. The van der Waals surface area contributed by atoms with Crippen molar-refractivity contribution in [2.45, 2.75) is 77.4 Å². The van der Waals surface area contributed by atoms with Crippen molar-refractivity contribution in [1.82, 2.24) is 0 Å². The van der Waals surface area contributed by atoms with Crippen LogP contribution in [0, 0.1) is 5.92 Å². The Morgan fingerprint density at radius 2 is 1.50 bits per heavy atom. The van der Waals surface area contributed by atoms with E-state index in [9.17, 15) is 0 Å². The van der Waals surface area contributed by atoms with Crippen LogP contribution in [0.2, 0.25) is 0 Å². The van der Waals surface area contributed by atoms with Crippen LogP contribution >= 0.6 is 12.2 Å². The zero-order valence-electron chi connectivity index (χ0n) is 16.1. The van der Waals surface area contributed by atoms with Crippen molar-refractivity contribution >= 4 is 23.1 Å². The van der Waals surface area contributed by atoms with Crippen molar-refractivity contribution in [1.29, 1.82) is 0 Å². The lowest BCUT2D eigenvalue weighted by Gasteiger charge is -2.29. The zero-order valence-corrected chi connectivity index (χ0v) is 16.9. The third kappa shape index (κ3) is 8.09. The van der Waals surface area contributed by atoms with Gasteiger partial charge in [-0.1, -0.05) is 76.8 Å². The molecule has 0 aromatic heterocycles. The molecule has 1 aliphatic heterocycles. The standard InChI is InChI=1S/C22H33NO2S/c1-2-3-4-5-6-7-8-9-10-11-19-16-24-22(25-17-19)20-12-14-21(15-13-20)23-18-26/h12-15,19,22H,2-11,16-17H2,1H3. The molecule has 1 aromatic rings. The average molecular weight is 376 g/mol. The van der Waals surface area contributed by atoms with Crippen LogP contribution in [-0.4, -0.2) is 18.4 Å². The Morgan fingerprint density at radius 3 is 2.08 bits per heavy atom. The molecule has 0 radical (unpaired) electrons. The van der Waals surface area contributed by atoms with Gasteiger partial charge in [-0.05, 0) is 30.8 Å². The molecule has 1 aliphatic rings. The van der Waals surface area contributed by atoms with Crippen molar-refractivity contribution in [2.75, 3.05) is 13.2 Å². The molecule has 0 saturated carbocycles. The molecule has 26 heavy (non-hydrogen) atoms. The van der Waals surface area contributed by atoms with E-state index in [-0.39, 0.29) is 6.29 Å². The first kappa shape index (κ1) is 21.2. The molecule has 0 spiro atoms. The van der Waals surface area contributed by atoms with E-state index in [1.807, 2.05) is 24.3 Å². The highest BCUT2D eigenvalue weighted by molar-refractivity contribution is 7.78. The number of hydrogen-bond donors (Lipinski definition) is 0. The molecule has 144 valence electrons. The molecule has 4 heteroatoms. The third-order valence-corrected chi connectivity index (χ3v) is 5.11. The first-order chi connectivity index (χ1) is 12.8. The fourth-order valence-electron chi connectivity index (χ4n) is 3.40. The Bertz CT molecular complexity index is 532. The summed E-state index contributed by atoms with van der Waals surface area (Å²) in [6, 6.07) is 7.79. The number of unbranched alkanes of at least 4 members (excludes halogenated alkanes) is 8. The summed E-state index contributed by atoms with van der Waals surface area (Å²) in [5.74, 6) is 0.537. The Labute approximate surface area is 164 Å². The summed E-state index contributed by atoms with van der Waals surface area (Å²) in [4.78, 5) is 3.96. The van der Waals surface area contributed by atoms with Gasteiger partial charge < -0.3 is 9.47 Å². The van der Waals surface area contributed by atoms with Gasteiger partial charge >= 0.3 is 0 Å². The van der Waals surface area contributed by atoms with Gasteiger partial charge in [-0.25, -0.2) is 0 Å². The van der Waals surface area contributed by atoms with Crippen LogP contribution in [0.25, 0.3) is 0 Å². The molecule has 0 N–H and O–H groups in total. The SMILES string of the molecule is CCCCCCCCCCCC1COC(c2ccc(N=C=S)cc2)OC1. The number of aliphatic imine (C=N–C) groups is 1. The van der Waals surface area contributed by atoms with Crippen LogP contribution in [0.5, 0.6) is 0 Å². The van der Waals surface area contributed by atoms with Gasteiger partial charge in [0.25, 0.3) is 0 Å². The van der Waals surface area contributed by atoms with E-state index in [1.165, 1.54) is 64.2 Å². The highest BCUT2D eigenvalue weighted by Crippen LogP contribution is 2.28. The lowest BCUT2D eigenvalue weighted by molar-refractivity contribution is -0.206. The number of ether oxygens (including phenoxy) is 2. The number of isothiocyanates is 1. The first-order valence-electron chi connectivity index (χ1n) is 10.2. The van der Waals surface area contributed by atoms with Crippen molar-refractivity contribution in [3.63, 3.8) is 0 Å². The third-order valence-electron chi connectivity index (χ3n) is 5.02. The molecule has 0 atom stereocenters. The second-order valence-electron chi connectivity index (χ2n) is 7.28. The highest BCUT2D eigenvalue weighted by Gasteiger charge is 2.23. The van der Waals surface area contributed by atoms with E-state index in [0.717, 1.165) is 24.5 Å². The van der Waals surface area contributed by atoms with Crippen LogP contribution in [-0.2, 0) is 9.47 Å². The highest BCUT2D eigenvalue weighted by atomic mass is 32.1. The lowest BCUT2D eigenvalue weighted by Crippen LogP contribution is -2.27. The van der Waals surface area contributed by atoms with Gasteiger partial charge in [0, 0.05) is 11.5 Å². The maximum Gasteiger partial charge on any atom is 0.183 e. The Hall–Kier alpha value is -1.06. The number of benzene rings is 1. The van der Waals surface area contributed by atoms with Crippen LogP contribution in [0.4, 0.5) is 5.69 Å². The minimum Gasteiger partial charge on any atom is -0.348 e. The fraction of sp³-hybridized carbons (Fsp3) is 0.682. The molecule has 1 aromatic carbocycles. The Balaban J connectivity index is 1.54. The molecule has 1 saturated heterocycles. The first-order valence-corrected chi connectivity index (χ1v) is 10.7. The van der Waals surface area contributed by atoms with Gasteiger partial charge in [0.1, 0.15) is 0 Å². The van der Waals surface area contributed by atoms with Crippen molar-refractivity contribution in [2.24, 2.45) is 10.9 Å². The predicted octanol–water partition coefficient (Wildman–Crippen LogP) is 7.00. The smallest absolute Gasteiger partial charge is 0.183 e. The van der Waals surface area contributed by atoms with Crippen LogP contribution < -0.4 is 0 Å². The lowest BCUT2D eigenvalue weighted by atomic mass is 10.0. The molecule has 0 bridgehead atoms. The quantitative estimate of drug-likeness (QED) is 0.224. The van der Waals surface area contributed by atoms with Crippen LogP contribution in [0.1, 0.15) is 83.0 Å². The van der Waals surface area contributed by atoms with Crippen molar-refractivity contribution in [3.05, 3.63) is 29.8 Å². The van der Waals surface area contributed by atoms with Crippen LogP contribution in [0.3, 0.4) is 0 Å². The summed E-state index contributed by atoms with van der Waals surface area (Å²) in [5.41, 5.74) is 1.85. The van der Waals surface area contributed by atoms with E-state index in [2.05, 4.69) is 29.3 Å². The molecule has 3 nitrogen and oxygen atoms in total. The van der Waals surface area contributed by atoms with Gasteiger partial charge in [-0.15, -0.1) is 0 Å². The van der Waals surface area contributed by atoms with E-state index < -0.39 is 0 Å². The second kappa shape index (κ2) is 13.2. The minimum atomic E-state index is -0.250. The maximum absolute atomic E-state index is 5.92. The fourth-order valence-corrected chi connectivity index (χ4v) is 3.51. The number of hydrogen-bond acceptors (Lipinski definition) is 4. The summed E-state index contributed by atoms with van der Waals surface area (Å²) in [6.45, 7) is 3.86.